The highest BCUT2D eigenvalue weighted by Crippen LogP contribution is 2.14. The maximum absolute atomic E-state index is 12.3. The van der Waals surface area contributed by atoms with Crippen LogP contribution in [0.25, 0.3) is 0 Å². The van der Waals surface area contributed by atoms with Gasteiger partial charge in [0, 0.05) is 38.9 Å². The van der Waals surface area contributed by atoms with Crippen LogP contribution in [-0.2, 0) is 0 Å². The van der Waals surface area contributed by atoms with E-state index >= 15 is 0 Å². The maximum Gasteiger partial charge on any atom is 0.252 e. The number of carbonyl (C=O) groups excluding carboxylic acids is 1. The van der Waals surface area contributed by atoms with E-state index in [1.54, 1.807) is 6.20 Å². The molecule has 6 heteroatoms. The first kappa shape index (κ1) is 29.3. The molecule has 5 nitrogen and oxygen atoms in total. The van der Waals surface area contributed by atoms with Crippen molar-refractivity contribution >= 4 is 34.3 Å². The van der Waals surface area contributed by atoms with Crippen LogP contribution >= 0.6 is 22.6 Å². The van der Waals surface area contributed by atoms with Crippen LogP contribution in [0.5, 0.6) is 0 Å². The summed E-state index contributed by atoms with van der Waals surface area (Å²) in [4.78, 5) is 19.1. The molecule has 2 N–H and O–H groups in total. The number of hydrogen-bond acceptors (Lipinski definition) is 4. The fraction of sp³-hybridized carbons (Fsp3) is 0.786. The molecule has 0 spiro atoms. The zero-order chi connectivity index (χ0) is 24.1. The van der Waals surface area contributed by atoms with Gasteiger partial charge in [-0.1, -0.05) is 112 Å². The van der Waals surface area contributed by atoms with Crippen LogP contribution in [0.3, 0.4) is 0 Å². The third-order valence-electron chi connectivity index (χ3n) is 6.80. The molecular formula is C28H49IN4O. The van der Waals surface area contributed by atoms with Gasteiger partial charge in [-0.15, -0.1) is 0 Å². The molecule has 1 aromatic rings. The molecule has 1 aliphatic rings. The Morgan fingerprint density at radius 1 is 0.794 bits per heavy atom. The van der Waals surface area contributed by atoms with Gasteiger partial charge < -0.3 is 15.5 Å². The summed E-state index contributed by atoms with van der Waals surface area (Å²) in [6, 6.07) is 3.86. The van der Waals surface area contributed by atoms with Crippen LogP contribution in [0.2, 0.25) is 0 Å². The number of rotatable bonds is 20. The standard InChI is InChI=1S/C28H49IN4O/c29-19-15-13-11-9-7-5-3-1-2-4-6-8-10-12-14-16-20-31-28(34)26-17-18-27(32-25-26)33-23-21-30-22-24-33/h17-18,25,30H,1-16,19-24H2,(H,31,34). The number of anilines is 1. The number of hydrogen-bond donors (Lipinski definition) is 2. The summed E-state index contributed by atoms with van der Waals surface area (Å²) in [6.07, 6.45) is 23.7. The van der Waals surface area contributed by atoms with Gasteiger partial charge in [0.25, 0.3) is 5.91 Å². The number of nitrogens with one attached hydrogen (secondary N) is 2. The number of piperazine rings is 1. The molecule has 0 radical (unpaired) electrons. The van der Waals surface area contributed by atoms with Crippen molar-refractivity contribution in [2.24, 2.45) is 0 Å². The number of carbonyl (C=O) groups is 1. The second kappa shape index (κ2) is 20.3. The summed E-state index contributed by atoms with van der Waals surface area (Å²) in [6.45, 7) is 4.68. The van der Waals surface area contributed by atoms with Gasteiger partial charge in [0.15, 0.2) is 0 Å². The highest BCUT2D eigenvalue weighted by atomic mass is 127. The SMILES string of the molecule is O=C(NCCCCCCCCCCCCCCCCCCI)c1ccc(N2CCNCC2)nc1. The van der Waals surface area contributed by atoms with Crippen LogP contribution in [0.4, 0.5) is 5.82 Å². The van der Waals surface area contributed by atoms with Crippen molar-refractivity contribution in [3.05, 3.63) is 23.9 Å². The van der Waals surface area contributed by atoms with Gasteiger partial charge >= 0.3 is 0 Å². The Bertz CT molecular complexity index is 619. The van der Waals surface area contributed by atoms with Crippen LogP contribution < -0.4 is 15.5 Å². The molecule has 0 aromatic carbocycles. The highest BCUT2D eigenvalue weighted by molar-refractivity contribution is 14.1. The molecule has 1 fully saturated rings. The Hall–Kier alpha value is -0.890. The van der Waals surface area contributed by atoms with Gasteiger partial charge in [-0.3, -0.25) is 4.79 Å². The topological polar surface area (TPSA) is 57.3 Å². The molecule has 0 aliphatic carbocycles. The highest BCUT2D eigenvalue weighted by Gasteiger charge is 2.12. The number of aromatic nitrogens is 1. The van der Waals surface area contributed by atoms with Crippen LogP contribution in [0.15, 0.2) is 18.3 Å². The number of pyridine rings is 1. The lowest BCUT2D eigenvalue weighted by atomic mass is 10.0. The summed E-state index contributed by atoms with van der Waals surface area (Å²) >= 11 is 2.48. The van der Waals surface area contributed by atoms with E-state index in [-0.39, 0.29) is 5.91 Å². The monoisotopic (exact) mass is 584 g/mol. The van der Waals surface area contributed by atoms with Crippen LogP contribution in [0, 0.1) is 0 Å². The predicted octanol–water partition coefficient (Wildman–Crippen LogP) is 6.90. The van der Waals surface area contributed by atoms with Crippen molar-refractivity contribution in [3.8, 4) is 0 Å². The molecule has 0 bridgehead atoms. The Balaban J connectivity index is 1.34. The molecule has 0 atom stereocenters. The van der Waals surface area contributed by atoms with E-state index in [2.05, 4.69) is 43.1 Å². The third-order valence-corrected chi connectivity index (χ3v) is 7.56. The van der Waals surface area contributed by atoms with Gasteiger partial charge in [0.05, 0.1) is 5.56 Å². The average molecular weight is 585 g/mol. The summed E-state index contributed by atoms with van der Waals surface area (Å²) in [5.74, 6) is 0.960. The van der Waals surface area contributed by atoms with Gasteiger partial charge in [-0.25, -0.2) is 4.98 Å². The summed E-state index contributed by atoms with van der Waals surface area (Å²) < 4.78 is 1.32. The smallest absolute Gasteiger partial charge is 0.252 e. The van der Waals surface area contributed by atoms with Crippen molar-refractivity contribution in [1.82, 2.24) is 15.6 Å². The van der Waals surface area contributed by atoms with Gasteiger partial charge in [-0.05, 0) is 29.4 Å². The van der Waals surface area contributed by atoms with Gasteiger partial charge in [0.2, 0.25) is 0 Å². The number of alkyl halides is 1. The number of halogens is 1. The molecule has 1 aromatic heterocycles. The molecule has 1 aliphatic heterocycles. The van der Waals surface area contributed by atoms with E-state index in [9.17, 15) is 4.79 Å². The molecule has 1 amide bonds. The lowest BCUT2D eigenvalue weighted by molar-refractivity contribution is 0.0952. The van der Waals surface area contributed by atoms with Crippen LogP contribution in [-0.4, -0.2) is 48.0 Å². The largest absolute Gasteiger partial charge is 0.354 e. The van der Waals surface area contributed by atoms with E-state index in [4.69, 9.17) is 0 Å². The lowest BCUT2D eigenvalue weighted by Gasteiger charge is -2.28. The molecule has 2 heterocycles. The Morgan fingerprint density at radius 2 is 1.29 bits per heavy atom. The van der Waals surface area contributed by atoms with E-state index in [0.29, 0.717) is 5.56 Å². The zero-order valence-corrected chi connectivity index (χ0v) is 23.6. The predicted molar refractivity (Wildman–Crippen MR) is 154 cm³/mol. The quantitative estimate of drug-likeness (QED) is 0.0995. The van der Waals surface area contributed by atoms with Crippen molar-refractivity contribution in [2.75, 3.05) is 42.1 Å². The Labute approximate surface area is 222 Å². The lowest BCUT2D eigenvalue weighted by Crippen LogP contribution is -2.43. The van der Waals surface area contributed by atoms with Gasteiger partial charge in [-0.2, -0.15) is 0 Å². The summed E-state index contributed by atoms with van der Waals surface area (Å²) in [7, 11) is 0. The molecule has 0 saturated carbocycles. The normalized spacial score (nSPS) is 13.9. The van der Waals surface area contributed by atoms with E-state index in [0.717, 1.165) is 45.0 Å². The zero-order valence-electron chi connectivity index (χ0n) is 21.5. The fourth-order valence-corrected chi connectivity index (χ4v) is 5.14. The van der Waals surface area contributed by atoms with Crippen molar-refractivity contribution < 1.29 is 4.79 Å². The minimum absolute atomic E-state index is 0.00411. The Morgan fingerprint density at radius 3 is 1.76 bits per heavy atom. The minimum Gasteiger partial charge on any atom is -0.354 e. The fourth-order valence-electron chi connectivity index (χ4n) is 4.60. The summed E-state index contributed by atoms with van der Waals surface area (Å²) in [5, 5.41) is 6.39. The Kier molecular flexibility index (Phi) is 17.5. The number of nitrogens with zero attached hydrogens (tertiary/aromatic N) is 2. The number of unbranched alkanes of at least 4 members (excludes halogenated alkanes) is 15. The molecular weight excluding hydrogens is 535 g/mol. The van der Waals surface area contributed by atoms with Gasteiger partial charge in [0.1, 0.15) is 5.82 Å². The average Bonchev–Trinajstić information content (AvgIpc) is 2.88. The third kappa shape index (κ3) is 13.9. The van der Waals surface area contributed by atoms with E-state index in [1.807, 2.05) is 12.1 Å². The van der Waals surface area contributed by atoms with Crippen molar-refractivity contribution in [3.63, 3.8) is 0 Å². The molecule has 34 heavy (non-hydrogen) atoms. The number of amides is 1. The first-order valence-corrected chi connectivity index (χ1v) is 15.6. The maximum atomic E-state index is 12.3. The second-order valence-corrected chi connectivity index (χ2v) is 10.8. The minimum atomic E-state index is -0.00411. The second-order valence-electron chi connectivity index (χ2n) is 9.74. The van der Waals surface area contributed by atoms with Crippen molar-refractivity contribution in [1.29, 1.82) is 0 Å². The first-order valence-electron chi connectivity index (χ1n) is 14.1. The molecule has 0 unspecified atom stereocenters. The molecule has 1 saturated heterocycles. The van der Waals surface area contributed by atoms with Crippen LogP contribution in [0.1, 0.15) is 113 Å². The molecule has 2 rings (SSSR count). The first-order chi connectivity index (χ1) is 16.8. The van der Waals surface area contributed by atoms with Crippen molar-refractivity contribution in [2.45, 2.75) is 103 Å². The van der Waals surface area contributed by atoms with E-state index < -0.39 is 0 Å². The molecule has 194 valence electrons. The van der Waals surface area contributed by atoms with E-state index in [1.165, 1.54) is 101 Å². The summed E-state index contributed by atoms with van der Waals surface area (Å²) in [5.41, 5.74) is 0.658.